The van der Waals surface area contributed by atoms with Crippen molar-refractivity contribution in [2.24, 2.45) is 0 Å². The van der Waals surface area contributed by atoms with Gasteiger partial charge in [0.2, 0.25) is 0 Å². The van der Waals surface area contributed by atoms with E-state index >= 15 is 0 Å². The molecule has 7 heteroatoms. The highest BCUT2D eigenvalue weighted by Gasteiger charge is 2.28. The maximum absolute atomic E-state index is 11.0. The number of amides is 1. The number of ether oxygens (including phenoxy) is 1. The number of carbonyl (C=O) groups is 2. The number of carbonyl (C=O) groups excluding carboxylic acids is 1. The van der Waals surface area contributed by atoms with Crippen molar-refractivity contribution in [3.63, 3.8) is 0 Å². The number of carboxylic acid groups (broad SMARTS) is 1. The van der Waals surface area contributed by atoms with Gasteiger partial charge in [0.15, 0.2) is 0 Å². The van der Waals surface area contributed by atoms with Gasteiger partial charge in [-0.05, 0) is 41.6 Å². The van der Waals surface area contributed by atoms with Crippen LogP contribution in [-0.4, -0.2) is 41.6 Å². The second kappa shape index (κ2) is 8.66. The van der Waals surface area contributed by atoms with Crippen LogP contribution in [0.15, 0.2) is 48.5 Å². The van der Waals surface area contributed by atoms with Gasteiger partial charge in [-0.3, -0.25) is 10.0 Å². The summed E-state index contributed by atoms with van der Waals surface area (Å²) in [4.78, 5) is 21.1. The average Bonchev–Trinajstić information content (AvgIpc) is 3.34. The van der Waals surface area contributed by atoms with Crippen LogP contribution in [0.2, 0.25) is 0 Å². The molecule has 4 N–H and O–H groups in total. The molecule has 1 fully saturated rings. The van der Waals surface area contributed by atoms with Crippen molar-refractivity contribution in [3.8, 4) is 11.1 Å². The lowest BCUT2D eigenvalue weighted by Gasteiger charge is -2.13. The minimum atomic E-state index is -0.832. The van der Waals surface area contributed by atoms with Crippen molar-refractivity contribution < 1.29 is 24.6 Å². The Kier molecular flexibility index (Phi) is 6.05. The average molecular weight is 370 g/mol. The SMILES string of the molecule is O=C(NO)OCC1c2ccccc2-c2ccccc21.O=C(O)[C@H]1CCCN1. The molecule has 142 valence electrons. The van der Waals surface area contributed by atoms with Gasteiger partial charge >= 0.3 is 12.1 Å². The van der Waals surface area contributed by atoms with Crippen LogP contribution in [-0.2, 0) is 9.53 Å². The zero-order valence-electron chi connectivity index (χ0n) is 14.7. The van der Waals surface area contributed by atoms with E-state index < -0.39 is 12.1 Å². The molecule has 2 aromatic rings. The lowest BCUT2D eigenvalue weighted by atomic mass is 9.98. The molecule has 0 spiro atoms. The van der Waals surface area contributed by atoms with Crippen LogP contribution in [0.4, 0.5) is 4.79 Å². The Hall–Kier alpha value is -2.90. The number of carboxylic acids is 1. The van der Waals surface area contributed by atoms with E-state index in [1.54, 1.807) is 0 Å². The highest BCUT2D eigenvalue weighted by Crippen LogP contribution is 2.44. The van der Waals surface area contributed by atoms with Gasteiger partial charge in [0.1, 0.15) is 12.6 Å². The summed E-state index contributed by atoms with van der Waals surface area (Å²) in [6.45, 7) is 1.07. The third kappa shape index (κ3) is 4.27. The van der Waals surface area contributed by atoms with Crippen LogP contribution < -0.4 is 10.8 Å². The molecule has 7 nitrogen and oxygen atoms in total. The zero-order valence-corrected chi connectivity index (χ0v) is 14.7. The van der Waals surface area contributed by atoms with E-state index in [1.807, 2.05) is 36.4 Å². The molecule has 1 atom stereocenters. The van der Waals surface area contributed by atoms with Crippen LogP contribution in [0.25, 0.3) is 11.1 Å². The summed E-state index contributed by atoms with van der Waals surface area (Å²) in [6, 6.07) is 15.9. The number of hydrogen-bond donors (Lipinski definition) is 4. The van der Waals surface area contributed by atoms with Gasteiger partial charge in [-0.25, -0.2) is 10.3 Å². The molecule has 0 unspecified atom stereocenters. The Labute approximate surface area is 156 Å². The molecule has 2 aromatic carbocycles. The molecule has 27 heavy (non-hydrogen) atoms. The first kappa shape index (κ1) is 18.9. The Morgan fingerprint density at radius 3 is 2.11 bits per heavy atom. The summed E-state index contributed by atoms with van der Waals surface area (Å²) in [7, 11) is 0. The maximum atomic E-state index is 11.0. The van der Waals surface area contributed by atoms with Crippen molar-refractivity contribution in [3.05, 3.63) is 59.7 Å². The molecule has 0 radical (unpaired) electrons. The van der Waals surface area contributed by atoms with Gasteiger partial charge in [-0.2, -0.15) is 0 Å². The molecule has 0 aromatic heterocycles. The number of benzene rings is 2. The number of rotatable bonds is 3. The number of hydroxylamine groups is 1. The predicted octanol–water partition coefficient (Wildman–Crippen LogP) is 2.74. The molecule has 0 bridgehead atoms. The topological polar surface area (TPSA) is 108 Å². The molecule has 4 rings (SSSR count). The van der Waals surface area contributed by atoms with Crippen LogP contribution >= 0.6 is 0 Å². The monoisotopic (exact) mass is 370 g/mol. The third-order valence-electron chi connectivity index (χ3n) is 4.79. The van der Waals surface area contributed by atoms with Crippen molar-refractivity contribution in [1.29, 1.82) is 0 Å². The molecule has 2 aliphatic rings. The largest absolute Gasteiger partial charge is 0.480 e. The van der Waals surface area contributed by atoms with Gasteiger partial charge in [0.25, 0.3) is 0 Å². The van der Waals surface area contributed by atoms with E-state index in [1.165, 1.54) is 16.6 Å². The normalized spacial score (nSPS) is 17.3. The van der Waals surface area contributed by atoms with E-state index in [2.05, 4.69) is 17.4 Å². The number of aliphatic carboxylic acids is 1. The Bertz CT molecular complexity index is 772. The predicted molar refractivity (Wildman–Crippen MR) is 98.7 cm³/mol. The summed E-state index contributed by atoms with van der Waals surface area (Å²) in [5.74, 6) is -0.702. The zero-order chi connectivity index (χ0) is 19.2. The second-order valence-corrected chi connectivity index (χ2v) is 6.42. The fourth-order valence-corrected chi connectivity index (χ4v) is 3.53. The summed E-state index contributed by atoms with van der Waals surface area (Å²) in [6.07, 6.45) is 0.952. The first-order chi connectivity index (χ1) is 13.1. The van der Waals surface area contributed by atoms with Gasteiger partial charge in [-0.15, -0.1) is 0 Å². The van der Waals surface area contributed by atoms with Gasteiger partial charge in [-0.1, -0.05) is 48.5 Å². The number of nitrogens with one attached hydrogen (secondary N) is 2. The van der Waals surface area contributed by atoms with E-state index in [0.29, 0.717) is 0 Å². The lowest BCUT2D eigenvalue weighted by molar-refractivity contribution is -0.139. The third-order valence-corrected chi connectivity index (χ3v) is 4.79. The molecular formula is C20H22N2O5. The summed E-state index contributed by atoms with van der Waals surface area (Å²) in [5, 5.41) is 19.7. The second-order valence-electron chi connectivity index (χ2n) is 6.42. The summed E-state index contributed by atoms with van der Waals surface area (Å²) < 4.78 is 4.99. The number of fused-ring (bicyclic) bond motifs is 3. The van der Waals surface area contributed by atoms with Gasteiger partial charge in [0.05, 0.1) is 0 Å². The summed E-state index contributed by atoms with van der Waals surface area (Å²) in [5.41, 5.74) is 6.12. The minimum Gasteiger partial charge on any atom is -0.480 e. The standard InChI is InChI=1S/C15H13NO3.C5H9NO2/c17-15(16-18)19-9-14-12-7-3-1-5-10(12)11-6-2-4-8-13(11)14;7-5(8)4-2-1-3-6-4/h1-8,14,18H,9H2,(H,16,17);4,6H,1-3H2,(H,7,8)/t;4-/m.1/s1. The molecule has 1 amide bonds. The molecule has 1 aliphatic heterocycles. The van der Waals surface area contributed by atoms with Crippen LogP contribution in [0, 0.1) is 0 Å². The van der Waals surface area contributed by atoms with Crippen molar-refractivity contribution >= 4 is 12.1 Å². The van der Waals surface area contributed by atoms with E-state index in [-0.39, 0.29) is 18.6 Å². The lowest BCUT2D eigenvalue weighted by Crippen LogP contribution is -2.29. The van der Waals surface area contributed by atoms with Gasteiger partial charge in [0, 0.05) is 5.92 Å². The molecule has 1 aliphatic carbocycles. The van der Waals surface area contributed by atoms with Crippen molar-refractivity contribution in [2.45, 2.75) is 24.8 Å². The van der Waals surface area contributed by atoms with E-state index in [4.69, 9.17) is 15.1 Å². The smallest absolute Gasteiger partial charge is 0.431 e. The van der Waals surface area contributed by atoms with Crippen LogP contribution in [0.1, 0.15) is 29.9 Å². The molecule has 1 heterocycles. The van der Waals surface area contributed by atoms with Crippen LogP contribution in [0.3, 0.4) is 0 Å². The Morgan fingerprint density at radius 1 is 1.07 bits per heavy atom. The quantitative estimate of drug-likeness (QED) is 0.489. The molecule has 0 saturated carbocycles. The van der Waals surface area contributed by atoms with Gasteiger partial charge < -0.3 is 15.2 Å². The number of hydrogen-bond acceptors (Lipinski definition) is 5. The minimum absolute atomic E-state index is 0.0182. The van der Waals surface area contributed by atoms with E-state index in [9.17, 15) is 9.59 Å². The molecular weight excluding hydrogens is 348 g/mol. The molecule has 1 saturated heterocycles. The van der Waals surface area contributed by atoms with Crippen molar-refractivity contribution in [2.75, 3.05) is 13.2 Å². The summed E-state index contributed by atoms with van der Waals surface area (Å²) >= 11 is 0. The highest BCUT2D eigenvalue weighted by atomic mass is 16.6. The first-order valence-corrected chi connectivity index (χ1v) is 8.83. The van der Waals surface area contributed by atoms with Crippen LogP contribution in [0.5, 0.6) is 0 Å². The highest BCUT2D eigenvalue weighted by molar-refractivity contribution is 5.79. The Morgan fingerprint density at radius 2 is 1.67 bits per heavy atom. The Balaban J connectivity index is 0.000000221. The van der Waals surface area contributed by atoms with Crippen molar-refractivity contribution in [1.82, 2.24) is 10.8 Å². The fourth-order valence-electron chi connectivity index (χ4n) is 3.53. The first-order valence-electron chi connectivity index (χ1n) is 8.83. The maximum Gasteiger partial charge on any atom is 0.431 e. The van der Waals surface area contributed by atoms with E-state index in [0.717, 1.165) is 30.5 Å². The fraction of sp³-hybridized carbons (Fsp3) is 0.300.